The SMILES string of the molecule is CCc1cccc(OCC(=O)N/N=C/c2ccc(OCc3c(Cl)cccc3Cl)c(OC)c2)c1. The zero-order valence-electron chi connectivity index (χ0n) is 18.3. The van der Waals surface area contributed by atoms with Gasteiger partial charge in [-0.1, -0.05) is 48.3 Å². The van der Waals surface area contributed by atoms with E-state index < -0.39 is 0 Å². The van der Waals surface area contributed by atoms with Crippen molar-refractivity contribution in [3.63, 3.8) is 0 Å². The first kappa shape index (κ1) is 24.4. The maximum Gasteiger partial charge on any atom is 0.277 e. The van der Waals surface area contributed by atoms with Crippen LogP contribution in [-0.4, -0.2) is 25.8 Å². The van der Waals surface area contributed by atoms with Crippen molar-refractivity contribution in [1.82, 2.24) is 5.43 Å². The lowest BCUT2D eigenvalue weighted by atomic mass is 10.2. The van der Waals surface area contributed by atoms with Crippen LogP contribution >= 0.6 is 23.2 Å². The van der Waals surface area contributed by atoms with E-state index in [1.165, 1.54) is 13.3 Å². The van der Waals surface area contributed by atoms with Crippen molar-refractivity contribution in [2.75, 3.05) is 13.7 Å². The second kappa shape index (κ2) is 12.1. The number of hydrogen-bond donors (Lipinski definition) is 1. The molecular formula is C25H24Cl2N2O4. The Morgan fingerprint density at radius 2 is 1.76 bits per heavy atom. The minimum Gasteiger partial charge on any atom is -0.493 e. The molecule has 172 valence electrons. The number of amides is 1. The summed E-state index contributed by atoms with van der Waals surface area (Å²) in [7, 11) is 1.54. The number of nitrogens with zero attached hydrogens (tertiary/aromatic N) is 1. The van der Waals surface area contributed by atoms with Crippen molar-refractivity contribution in [3.8, 4) is 17.2 Å². The van der Waals surface area contributed by atoms with Gasteiger partial charge in [0.2, 0.25) is 0 Å². The lowest BCUT2D eigenvalue weighted by molar-refractivity contribution is -0.123. The minimum atomic E-state index is -0.364. The average molecular weight is 487 g/mol. The summed E-state index contributed by atoms with van der Waals surface area (Å²) in [4.78, 5) is 12.0. The Balaban J connectivity index is 1.54. The highest BCUT2D eigenvalue weighted by Crippen LogP contribution is 2.31. The quantitative estimate of drug-likeness (QED) is 0.296. The summed E-state index contributed by atoms with van der Waals surface area (Å²) >= 11 is 12.4. The van der Waals surface area contributed by atoms with Gasteiger partial charge in [0.25, 0.3) is 5.91 Å². The van der Waals surface area contributed by atoms with Gasteiger partial charge in [-0.15, -0.1) is 0 Å². The average Bonchev–Trinajstić information content (AvgIpc) is 2.83. The van der Waals surface area contributed by atoms with Crippen LogP contribution in [0, 0.1) is 0 Å². The van der Waals surface area contributed by atoms with E-state index in [9.17, 15) is 4.79 Å². The fourth-order valence-electron chi connectivity index (χ4n) is 2.92. The molecule has 0 aliphatic rings. The molecule has 0 spiro atoms. The Morgan fingerprint density at radius 3 is 2.48 bits per heavy atom. The lowest BCUT2D eigenvalue weighted by Gasteiger charge is -2.13. The number of benzene rings is 3. The predicted molar refractivity (Wildman–Crippen MR) is 131 cm³/mol. The van der Waals surface area contributed by atoms with Gasteiger partial charge in [0, 0.05) is 15.6 Å². The molecule has 0 fully saturated rings. The van der Waals surface area contributed by atoms with Crippen molar-refractivity contribution in [2.45, 2.75) is 20.0 Å². The smallest absolute Gasteiger partial charge is 0.277 e. The summed E-state index contributed by atoms with van der Waals surface area (Å²) in [6.07, 6.45) is 2.40. The Hall–Kier alpha value is -3.22. The van der Waals surface area contributed by atoms with Crippen LogP contribution in [0.4, 0.5) is 0 Å². The number of nitrogens with one attached hydrogen (secondary N) is 1. The summed E-state index contributed by atoms with van der Waals surface area (Å²) in [5.41, 5.74) is 5.00. The predicted octanol–water partition coefficient (Wildman–Crippen LogP) is 5.67. The number of halogens is 2. The molecule has 0 unspecified atom stereocenters. The van der Waals surface area contributed by atoms with E-state index in [1.807, 2.05) is 24.3 Å². The Kier molecular flexibility index (Phi) is 8.98. The molecule has 0 heterocycles. The maximum atomic E-state index is 12.0. The third-order valence-corrected chi connectivity index (χ3v) is 5.41. The normalized spacial score (nSPS) is 10.8. The van der Waals surface area contributed by atoms with Crippen LogP contribution < -0.4 is 19.6 Å². The van der Waals surface area contributed by atoms with E-state index in [0.29, 0.717) is 38.4 Å². The molecule has 3 aromatic carbocycles. The first-order valence-electron chi connectivity index (χ1n) is 10.3. The van der Waals surface area contributed by atoms with Gasteiger partial charge < -0.3 is 14.2 Å². The number of carbonyl (C=O) groups excluding carboxylic acids is 1. The molecule has 8 heteroatoms. The third-order valence-electron chi connectivity index (χ3n) is 4.70. The molecule has 0 bridgehead atoms. The molecule has 3 rings (SSSR count). The summed E-state index contributed by atoms with van der Waals surface area (Å²) in [5.74, 6) is 1.31. The molecule has 3 aromatic rings. The van der Waals surface area contributed by atoms with Crippen LogP contribution in [0.3, 0.4) is 0 Å². The summed E-state index contributed by atoms with van der Waals surface area (Å²) in [6.45, 7) is 2.12. The summed E-state index contributed by atoms with van der Waals surface area (Å²) in [5, 5.41) is 5.03. The van der Waals surface area contributed by atoms with Gasteiger partial charge in [0.05, 0.1) is 13.3 Å². The molecular weight excluding hydrogens is 463 g/mol. The molecule has 0 aliphatic heterocycles. The van der Waals surface area contributed by atoms with Crippen molar-refractivity contribution >= 4 is 35.3 Å². The Labute approximate surface area is 203 Å². The van der Waals surface area contributed by atoms with Crippen LogP contribution in [-0.2, 0) is 17.8 Å². The summed E-state index contributed by atoms with van der Waals surface area (Å²) < 4.78 is 16.8. The number of methoxy groups -OCH3 is 1. The number of aryl methyl sites for hydroxylation is 1. The number of carbonyl (C=O) groups is 1. The number of rotatable bonds is 10. The zero-order valence-corrected chi connectivity index (χ0v) is 19.8. The van der Waals surface area contributed by atoms with Gasteiger partial charge in [-0.2, -0.15) is 5.10 Å². The van der Waals surface area contributed by atoms with Crippen LogP contribution in [0.15, 0.2) is 65.8 Å². The van der Waals surface area contributed by atoms with Crippen LogP contribution in [0.5, 0.6) is 17.2 Å². The molecule has 0 aliphatic carbocycles. The first-order valence-corrected chi connectivity index (χ1v) is 11.0. The zero-order chi connectivity index (χ0) is 23.6. The largest absolute Gasteiger partial charge is 0.493 e. The van der Waals surface area contributed by atoms with E-state index in [-0.39, 0.29) is 19.1 Å². The topological polar surface area (TPSA) is 69.2 Å². The van der Waals surface area contributed by atoms with E-state index >= 15 is 0 Å². The van der Waals surface area contributed by atoms with Crippen LogP contribution in [0.25, 0.3) is 0 Å². The minimum absolute atomic E-state index is 0.134. The van der Waals surface area contributed by atoms with Crippen LogP contribution in [0.1, 0.15) is 23.6 Å². The van der Waals surface area contributed by atoms with Crippen molar-refractivity contribution in [1.29, 1.82) is 0 Å². The molecule has 0 radical (unpaired) electrons. The standard InChI is InChI=1S/C25H24Cl2N2O4/c1-3-17-6-4-7-19(12-17)32-16-25(30)29-28-14-18-10-11-23(24(13-18)31-2)33-15-20-21(26)8-5-9-22(20)27/h4-14H,3,15-16H2,1-2H3,(H,29,30)/b28-14+. The molecule has 0 atom stereocenters. The fraction of sp³-hybridized carbons (Fsp3) is 0.200. The molecule has 0 saturated heterocycles. The highest BCUT2D eigenvalue weighted by molar-refractivity contribution is 6.35. The third kappa shape index (κ3) is 7.14. The van der Waals surface area contributed by atoms with Gasteiger partial charge in [0.1, 0.15) is 12.4 Å². The van der Waals surface area contributed by atoms with E-state index in [1.54, 1.807) is 36.4 Å². The molecule has 33 heavy (non-hydrogen) atoms. The second-order valence-electron chi connectivity index (χ2n) is 6.98. The highest BCUT2D eigenvalue weighted by Gasteiger charge is 2.10. The van der Waals surface area contributed by atoms with Gasteiger partial charge in [-0.3, -0.25) is 4.79 Å². The van der Waals surface area contributed by atoms with E-state index in [2.05, 4.69) is 17.5 Å². The molecule has 0 aromatic heterocycles. The van der Waals surface area contributed by atoms with Crippen molar-refractivity contribution in [2.24, 2.45) is 5.10 Å². The second-order valence-corrected chi connectivity index (χ2v) is 7.80. The number of hydrazone groups is 1. The van der Waals surface area contributed by atoms with E-state index in [4.69, 9.17) is 37.4 Å². The van der Waals surface area contributed by atoms with Crippen molar-refractivity contribution < 1.29 is 19.0 Å². The highest BCUT2D eigenvalue weighted by atomic mass is 35.5. The first-order chi connectivity index (χ1) is 16.0. The monoisotopic (exact) mass is 486 g/mol. The van der Waals surface area contributed by atoms with Gasteiger partial charge in [0.15, 0.2) is 18.1 Å². The lowest BCUT2D eigenvalue weighted by Crippen LogP contribution is -2.24. The van der Waals surface area contributed by atoms with Gasteiger partial charge >= 0.3 is 0 Å². The van der Waals surface area contributed by atoms with Crippen molar-refractivity contribution in [3.05, 3.63) is 87.4 Å². The Bertz CT molecular complexity index is 1110. The van der Waals surface area contributed by atoms with Gasteiger partial charge in [-0.25, -0.2) is 5.43 Å². The molecule has 6 nitrogen and oxygen atoms in total. The molecule has 1 amide bonds. The number of ether oxygens (including phenoxy) is 3. The van der Waals surface area contributed by atoms with Crippen LogP contribution in [0.2, 0.25) is 10.0 Å². The van der Waals surface area contributed by atoms with E-state index in [0.717, 1.165) is 12.0 Å². The maximum absolute atomic E-state index is 12.0. The molecule has 1 N–H and O–H groups in total. The van der Waals surface area contributed by atoms with Gasteiger partial charge in [-0.05, 0) is 60.0 Å². The fourth-order valence-corrected chi connectivity index (χ4v) is 3.43. The number of hydrogen-bond acceptors (Lipinski definition) is 5. The molecule has 0 saturated carbocycles. The summed E-state index contributed by atoms with van der Waals surface area (Å²) in [6, 6.07) is 18.2. The Morgan fingerprint density at radius 1 is 1.00 bits per heavy atom.